The van der Waals surface area contributed by atoms with Crippen LogP contribution in [0.3, 0.4) is 0 Å². The number of carbonyl (C=O) groups is 1. The SMILES string of the molecule is CC(C)OC[C@H](O)CN1CCN(Cc2nc(C(=O)N3CCN(c4ccc(F)cc4)CC3)co2)CC1. The molecule has 1 amide bonds. The van der Waals surface area contributed by atoms with Crippen molar-refractivity contribution in [2.24, 2.45) is 0 Å². The third-order valence-corrected chi connectivity index (χ3v) is 6.44. The number of hydrogen-bond donors (Lipinski definition) is 1. The Morgan fingerprint density at radius 2 is 1.71 bits per heavy atom. The number of ether oxygens (including phenoxy) is 1. The lowest BCUT2D eigenvalue weighted by atomic mass is 10.2. The van der Waals surface area contributed by atoms with Crippen molar-refractivity contribution in [3.63, 3.8) is 0 Å². The Morgan fingerprint density at radius 3 is 2.37 bits per heavy atom. The van der Waals surface area contributed by atoms with E-state index in [1.807, 2.05) is 13.8 Å². The number of amides is 1. The molecule has 0 bridgehead atoms. The Hall–Kier alpha value is -2.53. The van der Waals surface area contributed by atoms with Crippen LogP contribution in [-0.4, -0.2) is 108 Å². The zero-order valence-corrected chi connectivity index (χ0v) is 20.6. The number of β-amino-alcohol motifs (C(OH)–C–C–N with tert-alkyl or cyclic N) is 1. The maximum atomic E-state index is 13.2. The van der Waals surface area contributed by atoms with Gasteiger partial charge in [0.05, 0.1) is 25.4 Å². The number of piperazine rings is 2. The second-order valence-corrected chi connectivity index (χ2v) is 9.49. The van der Waals surface area contributed by atoms with Gasteiger partial charge in [0.2, 0.25) is 5.89 Å². The maximum Gasteiger partial charge on any atom is 0.275 e. The number of hydrogen-bond acceptors (Lipinski definition) is 8. The minimum absolute atomic E-state index is 0.116. The van der Waals surface area contributed by atoms with Gasteiger partial charge in [-0.15, -0.1) is 0 Å². The van der Waals surface area contributed by atoms with Crippen LogP contribution in [0.2, 0.25) is 0 Å². The molecule has 2 aliphatic rings. The number of nitrogens with zero attached hydrogens (tertiary/aromatic N) is 5. The highest BCUT2D eigenvalue weighted by atomic mass is 19.1. The van der Waals surface area contributed by atoms with E-state index in [0.29, 0.717) is 57.5 Å². The number of anilines is 1. The van der Waals surface area contributed by atoms with E-state index in [1.165, 1.54) is 18.4 Å². The van der Waals surface area contributed by atoms with Crippen LogP contribution >= 0.6 is 0 Å². The Morgan fingerprint density at radius 1 is 1.06 bits per heavy atom. The van der Waals surface area contributed by atoms with E-state index in [-0.39, 0.29) is 17.8 Å². The Kier molecular flexibility index (Phi) is 8.72. The van der Waals surface area contributed by atoms with Crippen LogP contribution in [0.15, 0.2) is 34.9 Å². The molecule has 1 aromatic heterocycles. The minimum atomic E-state index is -0.484. The highest BCUT2D eigenvalue weighted by molar-refractivity contribution is 5.92. The predicted octanol–water partition coefficient (Wildman–Crippen LogP) is 1.68. The number of benzene rings is 1. The van der Waals surface area contributed by atoms with Gasteiger partial charge in [-0.1, -0.05) is 0 Å². The van der Waals surface area contributed by atoms with Gasteiger partial charge >= 0.3 is 0 Å². The molecular formula is C25H36FN5O4. The highest BCUT2D eigenvalue weighted by Gasteiger charge is 2.26. The molecule has 1 N–H and O–H groups in total. The summed E-state index contributed by atoms with van der Waals surface area (Å²) in [5.74, 6) is 0.163. The molecule has 35 heavy (non-hydrogen) atoms. The molecule has 4 rings (SSSR count). The average molecular weight is 490 g/mol. The average Bonchev–Trinajstić information content (AvgIpc) is 3.32. The number of carbonyl (C=O) groups excluding carboxylic acids is 1. The summed E-state index contributed by atoms with van der Waals surface area (Å²) < 4.78 is 24.3. The lowest BCUT2D eigenvalue weighted by Gasteiger charge is -2.35. The largest absolute Gasteiger partial charge is 0.447 e. The topological polar surface area (TPSA) is 85.5 Å². The van der Waals surface area contributed by atoms with Crippen LogP contribution in [0.5, 0.6) is 0 Å². The quantitative estimate of drug-likeness (QED) is 0.570. The van der Waals surface area contributed by atoms with Gasteiger partial charge in [-0.2, -0.15) is 0 Å². The molecule has 1 aromatic carbocycles. The fourth-order valence-corrected chi connectivity index (χ4v) is 4.44. The zero-order chi connectivity index (χ0) is 24.8. The zero-order valence-electron chi connectivity index (χ0n) is 20.6. The highest BCUT2D eigenvalue weighted by Crippen LogP contribution is 2.18. The summed E-state index contributed by atoms with van der Waals surface area (Å²) in [6.45, 7) is 11.3. The predicted molar refractivity (Wildman–Crippen MR) is 130 cm³/mol. The van der Waals surface area contributed by atoms with E-state index < -0.39 is 6.10 Å². The van der Waals surface area contributed by atoms with Crippen molar-refractivity contribution in [1.82, 2.24) is 19.7 Å². The van der Waals surface area contributed by atoms with Crippen LogP contribution < -0.4 is 4.90 Å². The number of aliphatic hydroxyl groups excluding tert-OH is 1. The summed E-state index contributed by atoms with van der Waals surface area (Å²) in [6, 6.07) is 6.44. The lowest BCUT2D eigenvalue weighted by molar-refractivity contribution is -0.0151. The van der Waals surface area contributed by atoms with Gasteiger partial charge in [0.15, 0.2) is 5.69 Å². The number of oxazole rings is 1. The molecule has 1 atom stereocenters. The first kappa shape index (κ1) is 25.6. The molecule has 0 radical (unpaired) electrons. The molecule has 192 valence electrons. The Balaban J connectivity index is 1.20. The van der Waals surface area contributed by atoms with Gasteiger partial charge in [0.25, 0.3) is 5.91 Å². The number of aromatic nitrogens is 1. The van der Waals surface area contributed by atoms with Gasteiger partial charge in [-0.3, -0.25) is 14.6 Å². The molecule has 0 aliphatic carbocycles. The summed E-state index contributed by atoms with van der Waals surface area (Å²) in [5, 5.41) is 10.1. The third-order valence-electron chi connectivity index (χ3n) is 6.44. The van der Waals surface area contributed by atoms with Crippen LogP contribution in [0.4, 0.5) is 10.1 Å². The van der Waals surface area contributed by atoms with Crippen LogP contribution in [0.25, 0.3) is 0 Å². The van der Waals surface area contributed by atoms with Crippen molar-refractivity contribution in [2.75, 3.05) is 70.4 Å². The van der Waals surface area contributed by atoms with Gasteiger partial charge in [-0.25, -0.2) is 9.37 Å². The first-order valence-corrected chi connectivity index (χ1v) is 12.4. The number of aliphatic hydroxyl groups is 1. The van der Waals surface area contributed by atoms with Gasteiger partial charge in [-0.05, 0) is 38.1 Å². The molecule has 3 heterocycles. The Bertz CT molecular complexity index is 938. The van der Waals surface area contributed by atoms with Crippen molar-refractivity contribution in [1.29, 1.82) is 0 Å². The lowest BCUT2D eigenvalue weighted by Crippen LogP contribution is -2.49. The van der Waals surface area contributed by atoms with Crippen molar-refractivity contribution in [3.05, 3.63) is 47.9 Å². The second kappa shape index (κ2) is 11.9. The van der Waals surface area contributed by atoms with Crippen molar-refractivity contribution in [3.8, 4) is 0 Å². The summed E-state index contributed by atoms with van der Waals surface area (Å²) in [5.41, 5.74) is 1.29. The summed E-state index contributed by atoms with van der Waals surface area (Å²) in [6.07, 6.45) is 1.08. The third kappa shape index (κ3) is 7.23. The van der Waals surface area contributed by atoms with Crippen LogP contribution in [-0.2, 0) is 11.3 Å². The second-order valence-electron chi connectivity index (χ2n) is 9.49. The maximum absolute atomic E-state index is 13.2. The molecular weight excluding hydrogens is 453 g/mol. The van der Waals surface area contributed by atoms with E-state index in [1.54, 1.807) is 17.0 Å². The van der Waals surface area contributed by atoms with Crippen molar-refractivity contribution >= 4 is 11.6 Å². The molecule has 2 saturated heterocycles. The Labute approximate surface area is 206 Å². The molecule has 9 nitrogen and oxygen atoms in total. The van der Waals surface area contributed by atoms with E-state index in [0.717, 1.165) is 31.9 Å². The monoisotopic (exact) mass is 489 g/mol. The summed E-state index contributed by atoms with van der Waals surface area (Å²) in [7, 11) is 0. The van der Waals surface area contributed by atoms with Crippen LogP contribution in [0, 0.1) is 5.82 Å². The summed E-state index contributed by atoms with van der Waals surface area (Å²) >= 11 is 0. The van der Waals surface area contributed by atoms with E-state index in [9.17, 15) is 14.3 Å². The molecule has 2 aliphatic heterocycles. The van der Waals surface area contributed by atoms with Crippen molar-refractivity contribution < 1.29 is 23.4 Å². The summed E-state index contributed by atoms with van der Waals surface area (Å²) in [4.78, 5) is 25.8. The minimum Gasteiger partial charge on any atom is -0.447 e. The normalized spacial score (nSPS) is 18.9. The van der Waals surface area contributed by atoms with E-state index in [2.05, 4.69) is 19.7 Å². The first-order chi connectivity index (χ1) is 16.9. The van der Waals surface area contributed by atoms with Crippen molar-refractivity contribution in [2.45, 2.75) is 32.6 Å². The van der Waals surface area contributed by atoms with Gasteiger partial charge in [0.1, 0.15) is 12.1 Å². The standard InChI is InChI=1S/C25H36FN5O4/c1-19(2)34-17-22(32)15-28-7-9-29(10-8-28)16-24-27-23(18-35-24)25(33)31-13-11-30(12-14-31)21-5-3-20(26)4-6-21/h3-6,18-19,22,32H,7-17H2,1-2H3/t22-/m1/s1. The smallest absolute Gasteiger partial charge is 0.275 e. The molecule has 0 saturated carbocycles. The fraction of sp³-hybridized carbons (Fsp3) is 0.600. The fourth-order valence-electron chi connectivity index (χ4n) is 4.44. The van der Waals surface area contributed by atoms with Gasteiger partial charge in [0, 0.05) is 64.6 Å². The number of rotatable bonds is 9. The molecule has 2 fully saturated rings. The van der Waals surface area contributed by atoms with Crippen LogP contribution in [0.1, 0.15) is 30.2 Å². The van der Waals surface area contributed by atoms with Gasteiger partial charge < -0.3 is 24.1 Å². The van der Waals surface area contributed by atoms with E-state index in [4.69, 9.17) is 9.15 Å². The molecule has 2 aromatic rings. The number of halogens is 1. The first-order valence-electron chi connectivity index (χ1n) is 12.4. The molecule has 0 spiro atoms. The molecule has 0 unspecified atom stereocenters. The molecule has 10 heteroatoms. The van der Waals surface area contributed by atoms with E-state index >= 15 is 0 Å².